The van der Waals surface area contributed by atoms with Crippen molar-refractivity contribution in [1.82, 2.24) is 5.32 Å². The summed E-state index contributed by atoms with van der Waals surface area (Å²) >= 11 is 0. The first-order chi connectivity index (χ1) is 8.24. The van der Waals surface area contributed by atoms with E-state index in [-0.39, 0.29) is 5.41 Å². The summed E-state index contributed by atoms with van der Waals surface area (Å²) in [5.74, 6) is 0.337. The van der Waals surface area contributed by atoms with Gasteiger partial charge >= 0.3 is 0 Å². The molecule has 4 heteroatoms. The van der Waals surface area contributed by atoms with E-state index in [4.69, 9.17) is 10.9 Å². The zero-order chi connectivity index (χ0) is 12.1. The van der Waals surface area contributed by atoms with Gasteiger partial charge in [-0.25, -0.2) is 0 Å². The number of oxime groups is 1. The Hall–Kier alpha value is -1.55. The van der Waals surface area contributed by atoms with E-state index in [0.29, 0.717) is 12.3 Å². The molecule has 0 aromatic heterocycles. The van der Waals surface area contributed by atoms with Crippen LogP contribution in [-0.2, 0) is 6.54 Å². The van der Waals surface area contributed by atoms with Crippen LogP contribution in [0.15, 0.2) is 35.5 Å². The highest BCUT2D eigenvalue weighted by molar-refractivity contribution is 5.80. The number of nitrogens with two attached hydrogens (primary N) is 1. The third-order valence-corrected chi connectivity index (χ3v) is 3.31. The molecule has 0 amide bonds. The van der Waals surface area contributed by atoms with Crippen molar-refractivity contribution >= 4 is 5.84 Å². The smallest absolute Gasteiger partial charge is 0.139 e. The number of hydrogen-bond acceptors (Lipinski definition) is 3. The lowest BCUT2D eigenvalue weighted by Gasteiger charge is -2.15. The summed E-state index contributed by atoms with van der Waals surface area (Å²) in [6.45, 7) is 1.80. The molecule has 1 saturated carbocycles. The average Bonchev–Trinajstić information content (AvgIpc) is 3.10. The van der Waals surface area contributed by atoms with Crippen LogP contribution in [0.2, 0.25) is 0 Å². The van der Waals surface area contributed by atoms with Crippen molar-refractivity contribution in [2.75, 3.05) is 6.54 Å². The molecular weight excluding hydrogens is 214 g/mol. The van der Waals surface area contributed by atoms with E-state index < -0.39 is 0 Å². The molecule has 0 aliphatic heterocycles. The number of nitrogens with one attached hydrogen (secondary N) is 1. The molecule has 17 heavy (non-hydrogen) atoms. The van der Waals surface area contributed by atoms with E-state index in [0.717, 1.165) is 25.9 Å². The molecule has 0 bridgehead atoms. The van der Waals surface area contributed by atoms with Crippen LogP contribution in [-0.4, -0.2) is 17.6 Å². The van der Waals surface area contributed by atoms with E-state index >= 15 is 0 Å². The van der Waals surface area contributed by atoms with Crippen LogP contribution in [0.1, 0.15) is 24.8 Å². The fourth-order valence-electron chi connectivity index (χ4n) is 2.08. The Bertz CT molecular complexity index is 385. The molecule has 0 atom stereocenters. The first-order valence-electron chi connectivity index (χ1n) is 5.95. The Morgan fingerprint density at radius 1 is 1.35 bits per heavy atom. The molecule has 1 aliphatic carbocycles. The van der Waals surface area contributed by atoms with Crippen molar-refractivity contribution in [3.05, 3.63) is 35.9 Å². The Morgan fingerprint density at radius 3 is 2.65 bits per heavy atom. The second kappa shape index (κ2) is 5.19. The quantitative estimate of drug-likeness (QED) is 0.303. The third-order valence-electron chi connectivity index (χ3n) is 3.31. The summed E-state index contributed by atoms with van der Waals surface area (Å²) in [5.41, 5.74) is 7.07. The van der Waals surface area contributed by atoms with Gasteiger partial charge in [-0.3, -0.25) is 0 Å². The predicted octanol–water partition coefficient (Wildman–Crippen LogP) is 1.69. The molecule has 1 aromatic carbocycles. The highest BCUT2D eigenvalue weighted by Gasteiger charge is 2.42. The van der Waals surface area contributed by atoms with Crippen LogP contribution in [0.5, 0.6) is 0 Å². The van der Waals surface area contributed by atoms with Gasteiger partial charge in [0.05, 0.1) is 0 Å². The van der Waals surface area contributed by atoms with E-state index in [1.807, 2.05) is 18.2 Å². The summed E-state index contributed by atoms with van der Waals surface area (Å²) in [5, 5.41) is 15.1. The predicted molar refractivity (Wildman–Crippen MR) is 67.8 cm³/mol. The van der Waals surface area contributed by atoms with Crippen LogP contribution in [0.3, 0.4) is 0 Å². The van der Waals surface area contributed by atoms with Crippen LogP contribution in [0, 0.1) is 5.41 Å². The summed E-state index contributed by atoms with van der Waals surface area (Å²) in [4.78, 5) is 0. The third kappa shape index (κ3) is 3.46. The van der Waals surface area contributed by atoms with Gasteiger partial charge in [0.25, 0.3) is 0 Å². The summed E-state index contributed by atoms with van der Waals surface area (Å²) in [6.07, 6.45) is 3.00. The highest BCUT2D eigenvalue weighted by atomic mass is 16.4. The molecule has 4 nitrogen and oxygen atoms in total. The van der Waals surface area contributed by atoms with Crippen molar-refractivity contribution in [2.24, 2.45) is 16.3 Å². The summed E-state index contributed by atoms with van der Waals surface area (Å²) < 4.78 is 0. The number of rotatable bonds is 6. The first-order valence-corrected chi connectivity index (χ1v) is 5.95. The van der Waals surface area contributed by atoms with Crippen LogP contribution < -0.4 is 11.1 Å². The zero-order valence-corrected chi connectivity index (χ0v) is 9.89. The molecular formula is C13H19N3O. The molecule has 0 spiro atoms. The molecule has 1 aliphatic rings. The van der Waals surface area contributed by atoms with Crippen molar-refractivity contribution in [2.45, 2.75) is 25.8 Å². The molecule has 1 fully saturated rings. The average molecular weight is 233 g/mol. The second-order valence-corrected chi connectivity index (χ2v) is 4.86. The van der Waals surface area contributed by atoms with E-state index in [1.54, 1.807) is 0 Å². The van der Waals surface area contributed by atoms with Gasteiger partial charge < -0.3 is 16.3 Å². The number of benzene rings is 1. The first kappa shape index (κ1) is 11.9. The Labute approximate surface area is 102 Å². The van der Waals surface area contributed by atoms with E-state index in [9.17, 15) is 0 Å². The Kier molecular flexibility index (Phi) is 3.64. The summed E-state index contributed by atoms with van der Waals surface area (Å²) in [6, 6.07) is 10.3. The van der Waals surface area contributed by atoms with Gasteiger partial charge in [0.15, 0.2) is 0 Å². The monoisotopic (exact) mass is 233 g/mol. The number of amidine groups is 1. The van der Waals surface area contributed by atoms with Gasteiger partial charge in [0.2, 0.25) is 0 Å². The molecule has 0 radical (unpaired) electrons. The molecule has 0 unspecified atom stereocenters. The van der Waals surface area contributed by atoms with Gasteiger partial charge in [-0.2, -0.15) is 0 Å². The Morgan fingerprint density at radius 2 is 2.06 bits per heavy atom. The largest absolute Gasteiger partial charge is 0.409 e. The van der Waals surface area contributed by atoms with Gasteiger partial charge in [0, 0.05) is 19.5 Å². The van der Waals surface area contributed by atoms with Crippen molar-refractivity contribution < 1.29 is 5.21 Å². The van der Waals surface area contributed by atoms with Gasteiger partial charge in [0.1, 0.15) is 5.84 Å². The van der Waals surface area contributed by atoms with Gasteiger partial charge in [-0.1, -0.05) is 35.5 Å². The Balaban J connectivity index is 1.75. The van der Waals surface area contributed by atoms with Crippen LogP contribution in [0.25, 0.3) is 0 Å². The van der Waals surface area contributed by atoms with E-state index in [1.165, 1.54) is 5.56 Å². The topological polar surface area (TPSA) is 70.6 Å². The van der Waals surface area contributed by atoms with E-state index in [2.05, 4.69) is 22.6 Å². The van der Waals surface area contributed by atoms with Gasteiger partial charge in [-0.05, 0) is 23.8 Å². The lowest BCUT2D eigenvalue weighted by atomic mass is 10.0. The maximum atomic E-state index is 8.57. The van der Waals surface area contributed by atoms with Crippen LogP contribution >= 0.6 is 0 Å². The van der Waals surface area contributed by atoms with Crippen molar-refractivity contribution in [3.63, 3.8) is 0 Å². The molecule has 1 aromatic rings. The standard InChI is InChI=1S/C13H19N3O/c14-12(16-17)8-13(6-7-13)10-15-9-11-4-2-1-3-5-11/h1-5,15,17H,6-10H2,(H2,14,16). The van der Waals surface area contributed by atoms with Crippen molar-refractivity contribution in [3.8, 4) is 0 Å². The highest BCUT2D eigenvalue weighted by Crippen LogP contribution is 2.48. The second-order valence-electron chi connectivity index (χ2n) is 4.86. The maximum absolute atomic E-state index is 8.57. The minimum Gasteiger partial charge on any atom is -0.409 e. The normalized spacial score (nSPS) is 18.0. The van der Waals surface area contributed by atoms with Crippen molar-refractivity contribution in [1.29, 1.82) is 0 Å². The fraction of sp³-hybridized carbons (Fsp3) is 0.462. The SMILES string of the molecule is NC(CC1(CNCc2ccccc2)CC1)=NO. The minimum atomic E-state index is 0.227. The molecule has 2 rings (SSSR count). The molecule has 0 saturated heterocycles. The number of nitrogens with zero attached hydrogens (tertiary/aromatic N) is 1. The lowest BCUT2D eigenvalue weighted by Crippen LogP contribution is -2.28. The van der Waals surface area contributed by atoms with Gasteiger partial charge in [-0.15, -0.1) is 0 Å². The molecule has 0 heterocycles. The minimum absolute atomic E-state index is 0.227. The number of hydrogen-bond donors (Lipinski definition) is 3. The zero-order valence-electron chi connectivity index (χ0n) is 9.89. The maximum Gasteiger partial charge on any atom is 0.139 e. The van der Waals surface area contributed by atoms with Crippen LogP contribution in [0.4, 0.5) is 0 Å². The molecule has 92 valence electrons. The fourth-order valence-corrected chi connectivity index (χ4v) is 2.08. The summed E-state index contributed by atoms with van der Waals surface area (Å²) in [7, 11) is 0. The lowest BCUT2D eigenvalue weighted by molar-refractivity contribution is 0.314. The molecule has 4 N–H and O–H groups in total.